The second kappa shape index (κ2) is 11.8. The molecule has 1 aromatic heterocycles. The molecule has 3 aromatic rings. The first-order valence-electron chi connectivity index (χ1n) is 13.0. The minimum Gasteiger partial charge on any atom is -0.497 e. The lowest BCUT2D eigenvalue weighted by Crippen LogP contribution is -2.52. The summed E-state index contributed by atoms with van der Waals surface area (Å²) in [6, 6.07) is 9.79. The number of nitrogens with one attached hydrogen (secondary N) is 1. The van der Waals surface area contributed by atoms with Crippen LogP contribution in [0.15, 0.2) is 42.5 Å². The fourth-order valence-corrected chi connectivity index (χ4v) is 4.88. The molecular weight excluding hydrogens is 503 g/mol. The van der Waals surface area contributed by atoms with Crippen LogP contribution in [-0.2, 0) is 16.1 Å². The Balaban J connectivity index is 1.73. The highest BCUT2D eigenvalue weighted by atomic mass is 19.1. The maximum Gasteiger partial charge on any atom is 0.248 e. The lowest BCUT2D eigenvalue weighted by atomic mass is 9.98. The van der Waals surface area contributed by atoms with Crippen LogP contribution in [-0.4, -0.2) is 62.7 Å². The summed E-state index contributed by atoms with van der Waals surface area (Å²) in [5, 5.41) is 15.5. The second-order valence-corrected chi connectivity index (χ2v) is 10.6. The molecule has 2 aromatic carbocycles. The summed E-state index contributed by atoms with van der Waals surface area (Å²) in [6.07, 6.45) is 3.44. The molecule has 2 amide bonds. The quantitative estimate of drug-likeness (QED) is 0.440. The smallest absolute Gasteiger partial charge is 0.248 e. The van der Waals surface area contributed by atoms with Gasteiger partial charge in [-0.1, -0.05) is 12.8 Å². The summed E-state index contributed by atoms with van der Waals surface area (Å²) in [7, 11) is 3.08. The molecule has 1 heterocycles. The van der Waals surface area contributed by atoms with Crippen molar-refractivity contribution in [3.05, 3.63) is 53.8 Å². The molecule has 0 aliphatic heterocycles. The third-order valence-corrected chi connectivity index (χ3v) is 6.59. The van der Waals surface area contributed by atoms with Gasteiger partial charge in [0.05, 0.1) is 14.2 Å². The van der Waals surface area contributed by atoms with Crippen LogP contribution < -0.4 is 14.8 Å². The Morgan fingerprint density at radius 1 is 1.10 bits per heavy atom. The second-order valence-electron chi connectivity index (χ2n) is 10.6. The minimum atomic E-state index is -0.982. The molecule has 0 spiro atoms. The number of aromatic nitrogens is 4. The van der Waals surface area contributed by atoms with Gasteiger partial charge in [-0.05, 0) is 81.3 Å². The highest BCUT2D eigenvalue weighted by Crippen LogP contribution is 2.38. The Kier molecular flexibility index (Phi) is 8.47. The largest absolute Gasteiger partial charge is 0.497 e. The third-order valence-electron chi connectivity index (χ3n) is 6.59. The Hall–Kier alpha value is -4.02. The summed E-state index contributed by atoms with van der Waals surface area (Å²) in [5.41, 5.74) is 0.562. The van der Waals surface area contributed by atoms with Crippen molar-refractivity contribution in [3.8, 4) is 22.9 Å². The lowest BCUT2D eigenvalue weighted by Gasteiger charge is -2.38. The highest BCUT2D eigenvalue weighted by Gasteiger charge is 2.40. The van der Waals surface area contributed by atoms with E-state index in [9.17, 15) is 14.0 Å². The first-order chi connectivity index (χ1) is 18.6. The van der Waals surface area contributed by atoms with Gasteiger partial charge in [-0.25, -0.2) is 4.39 Å². The standard InChI is InChI=1S/C28H35FN6O4/c1-28(2,3)30-27(37)25(22-16-21(38-4)14-15-23(22)39-5)35(20-8-6-7-9-20)24(36)17-34-32-26(31-33-34)18-10-12-19(29)13-11-18/h10-16,20,25H,6-9,17H2,1-5H3,(H,30,37)/t25-/m0/s1. The number of hydrogen-bond acceptors (Lipinski definition) is 7. The van der Waals surface area contributed by atoms with Gasteiger partial charge in [-0.2, -0.15) is 4.80 Å². The molecule has 10 nitrogen and oxygen atoms in total. The van der Waals surface area contributed by atoms with Crippen LogP contribution in [0.25, 0.3) is 11.4 Å². The molecule has 0 bridgehead atoms. The third kappa shape index (κ3) is 6.71. The average Bonchev–Trinajstić information content (AvgIpc) is 3.59. The van der Waals surface area contributed by atoms with Gasteiger partial charge < -0.3 is 19.7 Å². The monoisotopic (exact) mass is 538 g/mol. The number of carbonyl (C=O) groups excluding carboxylic acids is 2. The number of rotatable bonds is 9. The highest BCUT2D eigenvalue weighted by molar-refractivity contribution is 5.90. The van der Waals surface area contributed by atoms with Crippen LogP contribution in [0.4, 0.5) is 4.39 Å². The zero-order chi connectivity index (χ0) is 28.2. The van der Waals surface area contributed by atoms with E-state index in [1.165, 1.54) is 24.0 Å². The molecule has 0 radical (unpaired) electrons. The number of tetrazole rings is 1. The van der Waals surface area contributed by atoms with E-state index in [2.05, 4.69) is 20.7 Å². The number of benzene rings is 2. The molecule has 0 saturated heterocycles. The van der Waals surface area contributed by atoms with Crippen LogP contribution in [0.3, 0.4) is 0 Å². The maximum absolute atomic E-state index is 14.0. The molecule has 1 aliphatic rings. The number of ether oxygens (including phenoxy) is 2. The van der Waals surface area contributed by atoms with Crippen LogP contribution in [0, 0.1) is 5.82 Å². The zero-order valence-corrected chi connectivity index (χ0v) is 23.0. The van der Waals surface area contributed by atoms with Gasteiger partial charge in [-0.15, -0.1) is 10.2 Å². The van der Waals surface area contributed by atoms with Gasteiger partial charge >= 0.3 is 0 Å². The van der Waals surface area contributed by atoms with Gasteiger partial charge in [-0.3, -0.25) is 9.59 Å². The number of halogens is 1. The molecule has 11 heteroatoms. The molecule has 0 unspecified atom stereocenters. The van der Waals surface area contributed by atoms with Crippen LogP contribution in [0.5, 0.6) is 11.5 Å². The lowest BCUT2D eigenvalue weighted by molar-refractivity contribution is -0.145. The fourth-order valence-electron chi connectivity index (χ4n) is 4.88. The number of amides is 2. The predicted octanol–water partition coefficient (Wildman–Crippen LogP) is 3.92. The molecule has 208 valence electrons. The summed E-state index contributed by atoms with van der Waals surface area (Å²) in [5.74, 6) is 0.253. The van der Waals surface area contributed by atoms with Crippen molar-refractivity contribution in [1.82, 2.24) is 30.4 Å². The van der Waals surface area contributed by atoms with E-state index in [1.54, 1.807) is 42.3 Å². The first-order valence-corrected chi connectivity index (χ1v) is 13.0. The molecule has 4 rings (SSSR count). The van der Waals surface area contributed by atoms with Crippen molar-refractivity contribution in [2.24, 2.45) is 0 Å². The normalized spacial score (nSPS) is 14.6. The Morgan fingerprint density at radius 2 is 1.79 bits per heavy atom. The number of methoxy groups -OCH3 is 2. The van der Waals surface area contributed by atoms with Crippen molar-refractivity contribution in [2.75, 3.05) is 14.2 Å². The molecule has 39 heavy (non-hydrogen) atoms. The van der Waals surface area contributed by atoms with Crippen molar-refractivity contribution in [1.29, 1.82) is 0 Å². The SMILES string of the molecule is COc1ccc(OC)c([C@@H](C(=O)NC(C)(C)C)N(C(=O)Cn2nnc(-c3ccc(F)cc3)n2)C2CCCC2)c1. The molecular formula is C28H35FN6O4. The minimum absolute atomic E-state index is 0.163. The van der Waals surface area contributed by atoms with Gasteiger partial charge in [0, 0.05) is 22.7 Å². The van der Waals surface area contributed by atoms with Gasteiger partial charge in [0.15, 0.2) is 0 Å². The van der Waals surface area contributed by atoms with E-state index in [1.807, 2.05) is 20.8 Å². The topological polar surface area (TPSA) is 111 Å². The maximum atomic E-state index is 14.0. The van der Waals surface area contributed by atoms with E-state index < -0.39 is 11.6 Å². The predicted molar refractivity (Wildman–Crippen MR) is 142 cm³/mol. The molecule has 1 N–H and O–H groups in total. The van der Waals surface area contributed by atoms with Crippen molar-refractivity contribution in [2.45, 2.75) is 70.6 Å². The number of nitrogens with zero attached hydrogens (tertiary/aromatic N) is 5. The van der Waals surface area contributed by atoms with Crippen LogP contribution >= 0.6 is 0 Å². The van der Waals surface area contributed by atoms with E-state index in [4.69, 9.17) is 9.47 Å². The Morgan fingerprint density at radius 3 is 2.41 bits per heavy atom. The van der Waals surface area contributed by atoms with Crippen molar-refractivity contribution >= 4 is 11.8 Å². The summed E-state index contributed by atoms with van der Waals surface area (Å²) >= 11 is 0. The summed E-state index contributed by atoms with van der Waals surface area (Å²) in [4.78, 5) is 30.8. The molecule has 1 fully saturated rings. The van der Waals surface area contributed by atoms with Gasteiger partial charge in [0.2, 0.25) is 17.6 Å². The van der Waals surface area contributed by atoms with Gasteiger partial charge in [0.1, 0.15) is 29.9 Å². The van der Waals surface area contributed by atoms with Crippen molar-refractivity contribution < 1.29 is 23.5 Å². The Labute approximate surface area is 227 Å². The van der Waals surface area contributed by atoms with Gasteiger partial charge in [0.25, 0.3) is 0 Å². The van der Waals surface area contributed by atoms with E-state index in [0.717, 1.165) is 25.7 Å². The Bertz CT molecular complexity index is 1300. The van der Waals surface area contributed by atoms with Crippen LogP contribution in [0.2, 0.25) is 0 Å². The molecule has 1 atom stereocenters. The summed E-state index contributed by atoms with van der Waals surface area (Å²) < 4.78 is 24.4. The average molecular weight is 539 g/mol. The first kappa shape index (κ1) is 28.0. The van der Waals surface area contributed by atoms with E-state index >= 15 is 0 Å². The number of hydrogen-bond donors (Lipinski definition) is 1. The van der Waals surface area contributed by atoms with Crippen molar-refractivity contribution in [3.63, 3.8) is 0 Å². The molecule has 1 saturated carbocycles. The number of carbonyl (C=O) groups is 2. The summed E-state index contributed by atoms with van der Waals surface area (Å²) in [6.45, 7) is 5.45. The fraction of sp³-hybridized carbons (Fsp3) is 0.464. The van der Waals surface area contributed by atoms with Crippen LogP contribution in [0.1, 0.15) is 58.1 Å². The zero-order valence-electron chi connectivity index (χ0n) is 23.0. The molecule has 1 aliphatic carbocycles. The van der Waals surface area contributed by atoms with E-state index in [0.29, 0.717) is 22.6 Å². The van der Waals surface area contributed by atoms with E-state index in [-0.39, 0.29) is 36.0 Å².